The van der Waals surface area contributed by atoms with Crippen LogP contribution < -0.4 is 10.2 Å². The molecule has 0 bridgehead atoms. The van der Waals surface area contributed by atoms with Gasteiger partial charge in [0.05, 0.1) is 33.8 Å². The monoisotopic (exact) mass is 1240 g/mol. The van der Waals surface area contributed by atoms with Crippen LogP contribution in [0, 0.1) is 0 Å². The molecule has 9 nitrogen and oxygen atoms in total. The van der Waals surface area contributed by atoms with Gasteiger partial charge in [-0.25, -0.2) is 0 Å². The zero-order chi connectivity index (χ0) is 63.5. The maximum atomic E-state index is 13.6. The number of likely N-dealkylation sites (N-methyl/N-ethyl adjacent to an activating group) is 1. The molecule has 0 saturated carbocycles. The summed E-state index contributed by atoms with van der Waals surface area (Å²) in [6.07, 6.45) is 86.4. The van der Waals surface area contributed by atoms with Crippen molar-refractivity contribution in [2.75, 3.05) is 40.9 Å². The van der Waals surface area contributed by atoms with Crippen LogP contribution in [0.2, 0.25) is 0 Å². The summed E-state index contributed by atoms with van der Waals surface area (Å²) in [7, 11) is 1.20. The van der Waals surface area contributed by atoms with Crippen molar-refractivity contribution >= 4 is 19.7 Å². The van der Waals surface area contributed by atoms with Crippen molar-refractivity contribution in [1.82, 2.24) is 5.32 Å². The fourth-order valence-electron chi connectivity index (χ4n) is 11.1. The van der Waals surface area contributed by atoms with Gasteiger partial charge in [-0.3, -0.25) is 14.2 Å². The molecule has 0 rings (SSSR count). The quantitative estimate of drug-likeness (QED) is 0.0212. The average molecular weight is 1240 g/mol. The van der Waals surface area contributed by atoms with Gasteiger partial charge in [-0.05, 0) is 96.0 Å². The summed E-state index contributed by atoms with van der Waals surface area (Å²) < 4.78 is 30.5. The van der Waals surface area contributed by atoms with Crippen molar-refractivity contribution in [3.8, 4) is 0 Å². The van der Waals surface area contributed by atoms with Crippen molar-refractivity contribution in [3.05, 3.63) is 60.8 Å². The number of hydrogen-bond acceptors (Lipinski definition) is 7. The number of phosphoric acid groups is 1. The Balaban J connectivity index is 4.93. The van der Waals surface area contributed by atoms with E-state index in [9.17, 15) is 19.0 Å². The third-order valence-electron chi connectivity index (χ3n) is 16.9. The van der Waals surface area contributed by atoms with E-state index in [0.29, 0.717) is 17.4 Å². The lowest BCUT2D eigenvalue weighted by Gasteiger charge is -2.30. The highest BCUT2D eigenvalue weighted by Gasteiger charge is 2.27. The van der Waals surface area contributed by atoms with Gasteiger partial charge in [0.2, 0.25) is 5.91 Å². The van der Waals surface area contributed by atoms with Gasteiger partial charge in [0.15, 0.2) is 0 Å². The Morgan fingerprint density at radius 1 is 0.402 bits per heavy atom. The summed E-state index contributed by atoms with van der Waals surface area (Å²) in [5.74, 6) is -0.527. The Hall–Kier alpha value is -2.29. The highest BCUT2D eigenvalue weighted by Crippen LogP contribution is 2.38. The number of nitrogens with one attached hydrogen (secondary N) is 1. The van der Waals surface area contributed by atoms with Crippen molar-refractivity contribution in [2.24, 2.45) is 0 Å². The lowest BCUT2D eigenvalue weighted by atomic mass is 10.0. The highest BCUT2D eigenvalue weighted by molar-refractivity contribution is 7.45. The van der Waals surface area contributed by atoms with Gasteiger partial charge in [-0.1, -0.05) is 319 Å². The minimum absolute atomic E-state index is 0.0215. The number of esters is 1. The minimum Gasteiger partial charge on any atom is -0.756 e. The average Bonchev–Trinajstić information content (AvgIpc) is 3.70. The van der Waals surface area contributed by atoms with Crippen molar-refractivity contribution in [1.29, 1.82) is 0 Å². The molecule has 3 atom stereocenters. The molecule has 0 heterocycles. The van der Waals surface area contributed by atoms with Gasteiger partial charge in [0.25, 0.3) is 7.82 Å². The Bertz CT molecular complexity index is 1670. The summed E-state index contributed by atoms with van der Waals surface area (Å²) in [6.45, 7) is 6.86. The summed E-state index contributed by atoms with van der Waals surface area (Å²) in [5, 5.41) is 3.05. The normalized spacial score (nSPS) is 13.8. The molecule has 0 aliphatic rings. The van der Waals surface area contributed by atoms with Crippen LogP contribution in [0.4, 0.5) is 0 Å². The standard InChI is InChI=1S/C77H145N2O7P/c1-7-10-13-16-19-22-25-27-29-31-33-35-37-38-39-40-42-44-46-48-50-52-55-58-61-64-67-70-77(81)86-75(68-65-62-59-56-53-24-21-18-15-12-9-3)74(73-85-87(82,83)84-72-71-79(4,5)6)78-76(80)69-66-63-60-57-54-51-49-47-45-43-41-36-34-32-30-28-26-23-20-17-14-11-8-2/h19,22,27-30,33,35,65,68,74-75H,7-18,20-21,23-26,31-32,34,36-64,66-67,69-73H2,1-6H3,(H-,78,80,82,83)/b22-19-,29-27-,30-28+,35-33-,68-65+. The van der Waals surface area contributed by atoms with Gasteiger partial charge in [-0.15, -0.1) is 0 Å². The lowest BCUT2D eigenvalue weighted by Crippen LogP contribution is -2.47. The number of rotatable bonds is 69. The van der Waals surface area contributed by atoms with Crippen molar-refractivity contribution < 1.29 is 37.3 Å². The third kappa shape index (κ3) is 67.9. The maximum absolute atomic E-state index is 13.6. The molecule has 0 aromatic rings. The van der Waals surface area contributed by atoms with E-state index in [-0.39, 0.29) is 31.5 Å². The van der Waals surface area contributed by atoms with Crippen LogP contribution in [0.1, 0.15) is 367 Å². The van der Waals surface area contributed by atoms with Crippen LogP contribution in [0.3, 0.4) is 0 Å². The summed E-state index contributed by atoms with van der Waals surface area (Å²) in [4.78, 5) is 40.2. The topological polar surface area (TPSA) is 114 Å². The van der Waals surface area contributed by atoms with Crippen LogP contribution >= 0.6 is 7.82 Å². The number of ether oxygens (including phenoxy) is 1. The van der Waals surface area contributed by atoms with Gasteiger partial charge >= 0.3 is 5.97 Å². The molecule has 87 heavy (non-hydrogen) atoms. The zero-order valence-electron chi connectivity index (χ0n) is 58.5. The first-order chi connectivity index (χ1) is 42.4. The highest BCUT2D eigenvalue weighted by atomic mass is 31.2. The molecule has 1 amide bonds. The van der Waals surface area contributed by atoms with Crippen LogP contribution in [0.25, 0.3) is 0 Å². The molecule has 510 valence electrons. The number of carbonyl (C=O) groups excluding carboxylic acids is 2. The largest absolute Gasteiger partial charge is 0.756 e. The van der Waals surface area contributed by atoms with Crippen LogP contribution in [-0.2, 0) is 27.9 Å². The van der Waals surface area contributed by atoms with Crippen LogP contribution in [0.5, 0.6) is 0 Å². The molecular formula is C77H145N2O7P. The molecule has 0 aliphatic heterocycles. The number of quaternary nitrogens is 1. The first kappa shape index (κ1) is 84.7. The third-order valence-corrected chi connectivity index (χ3v) is 17.9. The van der Waals surface area contributed by atoms with Gasteiger partial charge < -0.3 is 28.5 Å². The molecule has 0 aliphatic carbocycles. The Kier molecular flexibility index (Phi) is 64.9. The number of nitrogens with zero attached hydrogens (tertiary/aromatic N) is 1. The number of carbonyl (C=O) groups is 2. The molecule has 0 radical (unpaired) electrons. The van der Waals surface area contributed by atoms with E-state index in [2.05, 4.69) is 74.7 Å². The predicted molar refractivity (Wildman–Crippen MR) is 376 cm³/mol. The van der Waals surface area contributed by atoms with E-state index < -0.39 is 20.0 Å². The Morgan fingerprint density at radius 3 is 1.08 bits per heavy atom. The maximum Gasteiger partial charge on any atom is 0.306 e. The summed E-state index contributed by atoms with van der Waals surface area (Å²) >= 11 is 0. The van der Waals surface area contributed by atoms with E-state index in [4.69, 9.17) is 13.8 Å². The SMILES string of the molecule is CCCCC/C=C\C/C=C\C/C=C\CCCCCCCCCCCCCCCCC(=O)OC(/C=C/CCCCCCCCCCC)C(COP(=O)([O-])OCC[N+](C)(C)C)NC(=O)CCCCCCCCCCCCCCC/C=C/CCCCCCCC. The molecule has 0 saturated heterocycles. The number of allylic oxidation sites excluding steroid dienone is 9. The smallest absolute Gasteiger partial charge is 0.306 e. The van der Waals surface area contributed by atoms with E-state index >= 15 is 0 Å². The second-order valence-corrected chi connectivity index (χ2v) is 28.2. The summed E-state index contributed by atoms with van der Waals surface area (Å²) in [5.41, 5.74) is 0. The molecular weight excluding hydrogens is 1100 g/mol. The van der Waals surface area contributed by atoms with Gasteiger partial charge in [0.1, 0.15) is 19.3 Å². The van der Waals surface area contributed by atoms with Crippen LogP contribution in [0.15, 0.2) is 60.8 Å². The van der Waals surface area contributed by atoms with E-state index in [1.54, 1.807) is 0 Å². The molecule has 3 unspecified atom stereocenters. The lowest BCUT2D eigenvalue weighted by molar-refractivity contribution is -0.870. The predicted octanol–water partition coefficient (Wildman–Crippen LogP) is 23.5. The van der Waals surface area contributed by atoms with E-state index in [1.807, 2.05) is 33.3 Å². The zero-order valence-corrected chi connectivity index (χ0v) is 59.4. The van der Waals surface area contributed by atoms with E-state index in [1.165, 1.54) is 263 Å². The number of unbranched alkanes of at least 4 members (excludes halogenated alkanes) is 45. The number of phosphoric ester groups is 1. The van der Waals surface area contributed by atoms with Crippen molar-refractivity contribution in [3.63, 3.8) is 0 Å². The number of hydrogen-bond donors (Lipinski definition) is 1. The second-order valence-electron chi connectivity index (χ2n) is 26.8. The first-order valence-electron chi connectivity index (χ1n) is 37.6. The van der Waals surface area contributed by atoms with E-state index in [0.717, 1.165) is 70.6 Å². The molecule has 0 spiro atoms. The second kappa shape index (κ2) is 66.6. The van der Waals surface area contributed by atoms with Gasteiger partial charge in [0, 0.05) is 12.8 Å². The molecule has 0 fully saturated rings. The first-order valence-corrected chi connectivity index (χ1v) is 39.1. The fourth-order valence-corrected chi connectivity index (χ4v) is 11.8. The summed E-state index contributed by atoms with van der Waals surface area (Å²) in [6, 6.07) is -0.889. The fraction of sp³-hybridized carbons (Fsp3) is 0.844. The van der Waals surface area contributed by atoms with Crippen LogP contribution in [-0.4, -0.2) is 69.4 Å². The Labute approximate surface area is 541 Å². The molecule has 0 aromatic carbocycles. The molecule has 1 N–H and O–H groups in total. The number of amides is 1. The molecule has 10 heteroatoms. The van der Waals surface area contributed by atoms with Crippen molar-refractivity contribution in [2.45, 2.75) is 380 Å². The minimum atomic E-state index is -4.70. The van der Waals surface area contributed by atoms with Gasteiger partial charge in [-0.2, -0.15) is 0 Å². The Morgan fingerprint density at radius 2 is 0.701 bits per heavy atom. The molecule has 0 aromatic heterocycles.